The van der Waals surface area contributed by atoms with Crippen molar-refractivity contribution in [3.63, 3.8) is 0 Å². The maximum atomic E-state index is 10.4. The van der Waals surface area contributed by atoms with Crippen LogP contribution in [0, 0.1) is 34.6 Å². The fourth-order valence-corrected chi connectivity index (χ4v) is 4.47. The average molecular weight is 456 g/mol. The van der Waals surface area contributed by atoms with Crippen molar-refractivity contribution in [2.75, 3.05) is 4.90 Å². The zero-order valence-corrected chi connectivity index (χ0v) is 20.0. The summed E-state index contributed by atoms with van der Waals surface area (Å²) in [6.45, 7) is 9.68. The normalized spacial score (nSPS) is 10.9. The minimum Gasteiger partial charge on any atom is -0.508 e. The Kier molecular flexibility index (Phi) is 6.12. The maximum Gasteiger partial charge on any atom is 0.169 e. The summed E-state index contributed by atoms with van der Waals surface area (Å²) < 4.78 is 6.06. The molecule has 0 saturated heterocycles. The first-order chi connectivity index (χ1) is 16.2. The van der Waals surface area contributed by atoms with Crippen molar-refractivity contribution in [3.05, 3.63) is 94.5 Å². The molecule has 0 bridgehead atoms. The average Bonchev–Trinajstić information content (AvgIpc) is 2.75. The molecule has 0 fully saturated rings. The monoisotopic (exact) mass is 455 g/mol. The third-order valence-electron chi connectivity index (χ3n) is 5.90. The Morgan fingerprint density at radius 2 is 1.09 bits per heavy atom. The third-order valence-corrected chi connectivity index (χ3v) is 5.90. The number of phenols is 3. The number of benzene rings is 4. The van der Waals surface area contributed by atoms with Crippen molar-refractivity contribution in [2.45, 2.75) is 34.6 Å². The van der Waals surface area contributed by atoms with Gasteiger partial charge in [-0.25, -0.2) is 0 Å². The summed E-state index contributed by atoms with van der Waals surface area (Å²) >= 11 is 0. The second-order valence-corrected chi connectivity index (χ2v) is 8.71. The number of rotatable bonds is 5. The second-order valence-electron chi connectivity index (χ2n) is 8.71. The van der Waals surface area contributed by atoms with Gasteiger partial charge in [0.1, 0.15) is 17.2 Å². The van der Waals surface area contributed by atoms with Crippen LogP contribution < -0.4 is 9.64 Å². The van der Waals surface area contributed by atoms with Crippen LogP contribution >= 0.6 is 0 Å². The number of hydrogen-bond acceptors (Lipinski definition) is 5. The molecule has 0 aliphatic rings. The zero-order valence-electron chi connectivity index (χ0n) is 20.0. The lowest BCUT2D eigenvalue weighted by molar-refractivity contribution is 0.408. The van der Waals surface area contributed by atoms with Crippen LogP contribution in [0.2, 0.25) is 0 Å². The molecule has 5 nitrogen and oxygen atoms in total. The first kappa shape index (κ1) is 23.1. The summed E-state index contributed by atoms with van der Waals surface area (Å²) in [5, 5.41) is 30.7. The Balaban J connectivity index is 1.91. The zero-order chi connectivity index (χ0) is 24.6. The Morgan fingerprint density at radius 1 is 0.588 bits per heavy atom. The minimum absolute atomic E-state index is 0.111. The van der Waals surface area contributed by atoms with Crippen LogP contribution in [0.15, 0.2) is 66.7 Å². The number of hydrogen-bond donors (Lipinski definition) is 3. The number of anilines is 3. The molecule has 34 heavy (non-hydrogen) atoms. The smallest absolute Gasteiger partial charge is 0.169 e. The Labute approximate surface area is 200 Å². The molecule has 4 aromatic carbocycles. The highest BCUT2D eigenvalue weighted by Gasteiger charge is 2.22. The fraction of sp³-hybridized carbons (Fsp3) is 0.172. The molecule has 5 heteroatoms. The van der Waals surface area contributed by atoms with Crippen LogP contribution in [0.25, 0.3) is 0 Å². The van der Waals surface area contributed by atoms with Gasteiger partial charge in [-0.3, -0.25) is 0 Å². The van der Waals surface area contributed by atoms with Crippen LogP contribution in [0.3, 0.4) is 0 Å². The number of aryl methyl sites for hydroxylation is 5. The van der Waals surface area contributed by atoms with E-state index in [0.29, 0.717) is 11.5 Å². The van der Waals surface area contributed by atoms with Gasteiger partial charge in [0.2, 0.25) is 0 Å². The van der Waals surface area contributed by atoms with E-state index in [9.17, 15) is 15.3 Å². The van der Waals surface area contributed by atoms with Crippen molar-refractivity contribution in [1.82, 2.24) is 0 Å². The summed E-state index contributed by atoms with van der Waals surface area (Å²) in [7, 11) is 0. The number of nitrogens with zero attached hydrogens (tertiary/aromatic N) is 1. The molecule has 0 saturated carbocycles. The van der Waals surface area contributed by atoms with E-state index in [2.05, 4.69) is 4.90 Å². The van der Waals surface area contributed by atoms with Crippen molar-refractivity contribution in [1.29, 1.82) is 0 Å². The van der Waals surface area contributed by atoms with Crippen LogP contribution in [0.4, 0.5) is 17.1 Å². The Bertz CT molecular complexity index is 1270. The molecular weight excluding hydrogens is 426 g/mol. The van der Waals surface area contributed by atoms with E-state index in [1.807, 2.05) is 71.0 Å². The molecule has 0 radical (unpaired) electrons. The molecule has 0 unspecified atom stereocenters. The summed E-state index contributed by atoms with van der Waals surface area (Å²) in [5.74, 6) is 1.50. The van der Waals surface area contributed by atoms with Gasteiger partial charge >= 0.3 is 0 Å². The summed E-state index contributed by atoms with van der Waals surface area (Å²) in [6.07, 6.45) is 0. The fourth-order valence-electron chi connectivity index (χ4n) is 4.47. The van der Waals surface area contributed by atoms with Gasteiger partial charge < -0.3 is 25.0 Å². The number of ether oxygens (including phenoxy) is 1. The molecule has 3 N–H and O–H groups in total. The highest BCUT2D eigenvalue weighted by atomic mass is 16.5. The maximum absolute atomic E-state index is 10.4. The van der Waals surface area contributed by atoms with Gasteiger partial charge in [0, 0.05) is 11.8 Å². The van der Waals surface area contributed by atoms with E-state index in [1.54, 1.807) is 30.3 Å². The first-order valence-electron chi connectivity index (χ1n) is 11.1. The molecule has 0 atom stereocenters. The lowest BCUT2D eigenvalue weighted by Gasteiger charge is -2.31. The molecule has 0 aromatic heterocycles. The molecule has 0 heterocycles. The van der Waals surface area contributed by atoms with Gasteiger partial charge in [-0.1, -0.05) is 18.2 Å². The lowest BCUT2D eigenvalue weighted by atomic mass is 10.0. The van der Waals surface area contributed by atoms with E-state index in [-0.39, 0.29) is 17.2 Å². The summed E-state index contributed by atoms with van der Waals surface area (Å²) in [5.41, 5.74) is 7.09. The van der Waals surface area contributed by atoms with Crippen LogP contribution in [-0.4, -0.2) is 15.3 Å². The summed E-state index contributed by atoms with van der Waals surface area (Å²) in [6, 6.07) is 20.0. The van der Waals surface area contributed by atoms with Crippen LogP contribution in [0.1, 0.15) is 27.8 Å². The van der Waals surface area contributed by atoms with E-state index >= 15 is 0 Å². The molecule has 4 rings (SSSR count). The van der Waals surface area contributed by atoms with Crippen molar-refractivity contribution in [2.24, 2.45) is 0 Å². The topological polar surface area (TPSA) is 73.2 Å². The van der Waals surface area contributed by atoms with Gasteiger partial charge in [-0.15, -0.1) is 0 Å². The minimum atomic E-state index is 0.111. The number of aromatic hydroxyl groups is 3. The molecule has 0 aliphatic heterocycles. The van der Waals surface area contributed by atoms with E-state index < -0.39 is 0 Å². The van der Waals surface area contributed by atoms with Crippen LogP contribution in [-0.2, 0) is 0 Å². The van der Waals surface area contributed by atoms with Crippen LogP contribution in [0.5, 0.6) is 28.7 Å². The largest absolute Gasteiger partial charge is 0.508 e. The standard InChI is InChI=1S/C29H29NO4/c1-17-8-6-11-26(29(17)33)34-25-10-7-9-22(16-25)30(27-18(2)12-23(31)13-19(27)3)28-20(4)14-24(32)15-21(28)5/h6-16,31-33H,1-5H3. The van der Waals surface area contributed by atoms with E-state index in [4.69, 9.17) is 4.74 Å². The molecule has 174 valence electrons. The Hall–Kier alpha value is -4.12. The highest BCUT2D eigenvalue weighted by Crippen LogP contribution is 2.45. The molecule has 0 spiro atoms. The number of phenolic OH excluding ortho intramolecular Hbond substituents is 3. The molecular formula is C29H29NO4. The molecule has 0 aliphatic carbocycles. The predicted molar refractivity (Wildman–Crippen MR) is 136 cm³/mol. The van der Waals surface area contributed by atoms with E-state index in [1.165, 1.54) is 0 Å². The molecule has 4 aromatic rings. The van der Waals surface area contributed by atoms with Crippen molar-refractivity contribution >= 4 is 17.1 Å². The van der Waals surface area contributed by atoms with Crippen molar-refractivity contribution in [3.8, 4) is 28.7 Å². The second kappa shape index (κ2) is 9.02. The SMILES string of the molecule is Cc1cccc(Oc2cccc(N(c3c(C)cc(O)cc3C)c3c(C)cc(O)cc3C)c2)c1O. The predicted octanol–water partition coefficient (Wildman–Crippen LogP) is 7.61. The quantitative estimate of drug-likeness (QED) is 0.289. The first-order valence-corrected chi connectivity index (χ1v) is 11.1. The van der Waals surface area contributed by atoms with Gasteiger partial charge in [-0.2, -0.15) is 0 Å². The van der Waals surface area contributed by atoms with Crippen molar-refractivity contribution < 1.29 is 20.1 Å². The van der Waals surface area contributed by atoms with Gasteiger partial charge in [0.25, 0.3) is 0 Å². The Morgan fingerprint density at radius 3 is 1.62 bits per heavy atom. The molecule has 0 amide bonds. The van der Waals surface area contributed by atoms with Gasteiger partial charge in [0.15, 0.2) is 11.5 Å². The number of para-hydroxylation sites is 1. The van der Waals surface area contributed by atoms with E-state index in [0.717, 1.165) is 44.9 Å². The van der Waals surface area contributed by atoms with Gasteiger partial charge in [-0.05, 0) is 105 Å². The third kappa shape index (κ3) is 4.37. The summed E-state index contributed by atoms with van der Waals surface area (Å²) in [4.78, 5) is 2.12. The lowest BCUT2D eigenvalue weighted by Crippen LogP contribution is -2.15. The highest BCUT2D eigenvalue weighted by molar-refractivity contribution is 5.84. The van der Waals surface area contributed by atoms with Gasteiger partial charge in [0.05, 0.1) is 11.4 Å².